The normalized spacial score (nSPS) is 18.7. The largest absolute Gasteiger partial charge is 0.381 e. The molecule has 1 aliphatic rings. The molecule has 2 rings (SSSR count). The van der Waals surface area contributed by atoms with Crippen molar-refractivity contribution < 1.29 is 0 Å². The predicted molar refractivity (Wildman–Crippen MR) is 62.2 cm³/mol. The summed E-state index contributed by atoms with van der Waals surface area (Å²) in [6, 6.07) is 6.45. The van der Waals surface area contributed by atoms with Crippen LogP contribution in [0.15, 0.2) is 18.2 Å². The minimum absolute atomic E-state index is 0.195. The van der Waals surface area contributed by atoms with E-state index in [1.807, 2.05) is 0 Å². The maximum atomic E-state index is 3.51. The summed E-state index contributed by atoms with van der Waals surface area (Å²) >= 11 is 0. The maximum absolute atomic E-state index is 3.51. The van der Waals surface area contributed by atoms with Gasteiger partial charge in [0, 0.05) is 13.6 Å². The highest BCUT2D eigenvalue weighted by atomic mass is 15.2. The summed E-state index contributed by atoms with van der Waals surface area (Å²) < 4.78 is 0. The third kappa shape index (κ3) is 1.26. The van der Waals surface area contributed by atoms with Gasteiger partial charge in [-0.15, -0.1) is 0 Å². The predicted octanol–water partition coefficient (Wildman–Crippen LogP) is 2.64. The van der Waals surface area contributed by atoms with Gasteiger partial charge in [0.15, 0.2) is 0 Å². The molecular weight excluding hydrogens is 172 g/mol. The second-order valence-electron chi connectivity index (χ2n) is 4.69. The first-order chi connectivity index (χ1) is 6.52. The number of fused-ring (bicyclic) bond motifs is 1. The fourth-order valence-electron chi connectivity index (χ4n) is 1.91. The molecule has 2 nitrogen and oxygen atoms in total. The molecule has 14 heavy (non-hydrogen) atoms. The van der Waals surface area contributed by atoms with Crippen LogP contribution in [0.5, 0.6) is 0 Å². The molecule has 1 aliphatic heterocycles. The summed E-state index contributed by atoms with van der Waals surface area (Å²) in [6.45, 7) is 7.66. The fourth-order valence-corrected chi connectivity index (χ4v) is 1.91. The lowest BCUT2D eigenvalue weighted by Gasteiger charge is -2.43. The summed E-state index contributed by atoms with van der Waals surface area (Å²) in [5.74, 6) is 0. The van der Waals surface area contributed by atoms with Crippen molar-refractivity contribution in [2.24, 2.45) is 0 Å². The summed E-state index contributed by atoms with van der Waals surface area (Å²) in [5.41, 5.74) is 4.11. The Morgan fingerprint density at radius 3 is 2.79 bits per heavy atom. The van der Waals surface area contributed by atoms with Crippen LogP contribution in [0.3, 0.4) is 0 Å². The highest BCUT2D eigenvalue weighted by Crippen LogP contribution is 2.36. The molecule has 0 aliphatic carbocycles. The molecule has 0 spiro atoms. The number of rotatable bonds is 0. The maximum Gasteiger partial charge on any atom is 0.0608 e. The molecule has 0 unspecified atom stereocenters. The number of nitrogens with zero attached hydrogens (tertiary/aromatic N) is 1. The summed E-state index contributed by atoms with van der Waals surface area (Å²) in [7, 11) is 2.17. The Balaban J connectivity index is 2.51. The first kappa shape index (κ1) is 9.38. The van der Waals surface area contributed by atoms with Crippen molar-refractivity contribution >= 4 is 11.4 Å². The topological polar surface area (TPSA) is 15.3 Å². The average molecular weight is 190 g/mol. The van der Waals surface area contributed by atoms with Crippen molar-refractivity contribution in [1.82, 2.24) is 0 Å². The van der Waals surface area contributed by atoms with Crippen molar-refractivity contribution in [1.29, 1.82) is 0 Å². The van der Waals surface area contributed by atoms with Crippen molar-refractivity contribution in [3.63, 3.8) is 0 Å². The number of para-hydroxylation sites is 1. The van der Waals surface area contributed by atoms with Gasteiger partial charge < -0.3 is 10.2 Å². The average Bonchev–Trinajstić information content (AvgIpc) is 2.13. The zero-order valence-electron chi connectivity index (χ0n) is 9.39. The van der Waals surface area contributed by atoms with E-state index in [0.717, 1.165) is 6.54 Å². The van der Waals surface area contributed by atoms with E-state index in [1.165, 1.54) is 16.9 Å². The number of hydrogen-bond acceptors (Lipinski definition) is 2. The van der Waals surface area contributed by atoms with Crippen LogP contribution in [0, 0.1) is 6.92 Å². The van der Waals surface area contributed by atoms with Crippen LogP contribution in [-0.2, 0) is 0 Å². The molecule has 0 aromatic heterocycles. The van der Waals surface area contributed by atoms with Crippen LogP contribution in [0.1, 0.15) is 19.4 Å². The van der Waals surface area contributed by atoms with Crippen molar-refractivity contribution in [3.05, 3.63) is 23.8 Å². The summed E-state index contributed by atoms with van der Waals surface area (Å²) in [6.07, 6.45) is 0. The molecule has 1 aromatic rings. The Labute approximate surface area is 85.9 Å². The smallest absolute Gasteiger partial charge is 0.0608 e. The van der Waals surface area contributed by atoms with Crippen molar-refractivity contribution in [2.75, 3.05) is 23.8 Å². The highest BCUT2D eigenvalue weighted by Gasteiger charge is 2.29. The number of nitrogens with one attached hydrogen (secondary N) is 1. The zero-order chi connectivity index (χ0) is 10.3. The van der Waals surface area contributed by atoms with Crippen LogP contribution in [-0.4, -0.2) is 19.1 Å². The molecule has 0 fully saturated rings. The standard InChI is InChI=1S/C12H18N2/c1-9-6-5-7-10-11(9)13-8-12(2,3)14(10)4/h5-7,13H,8H2,1-4H3. The summed E-state index contributed by atoms with van der Waals surface area (Å²) in [5, 5.41) is 3.51. The first-order valence-corrected chi connectivity index (χ1v) is 5.10. The Bertz CT molecular complexity index is 355. The molecule has 1 aromatic carbocycles. The van der Waals surface area contributed by atoms with Gasteiger partial charge in [-0.3, -0.25) is 0 Å². The van der Waals surface area contributed by atoms with Gasteiger partial charge in [-0.25, -0.2) is 0 Å². The van der Waals surface area contributed by atoms with E-state index in [4.69, 9.17) is 0 Å². The minimum Gasteiger partial charge on any atom is -0.381 e. The van der Waals surface area contributed by atoms with Gasteiger partial charge in [0.25, 0.3) is 0 Å². The van der Waals surface area contributed by atoms with E-state index in [9.17, 15) is 0 Å². The Hall–Kier alpha value is -1.18. The summed E-state index contributed by atoms with van der Waals surface area (Å²) in [4.78, 5) is 2.35. The first-order valence-electron chi connectivity index (χ1n) is 5.10. The number of aryl methyl sites for hydroxylation is 1. The Morgan fingerprint density at radius 2 is 2.07 bits per heavy atom. The van der Waals surface area contributed by atoms with E-state index in [2.05, 4.69) is 56.2 Å². The minimum atomic E-state index is 0.195. The monoisotopic (exact) mass is 190 g/mol. The van der Waals surface area contributed by atoms with Crippen LogP contribution < -0.4 is 10.2 Å². The molecule has 0 saturated carbocycles. The van der Waals surface area contributed by atoms with Crippen molar-refractivity contribution in [3.8, 4) is 0 Å². The third-order valence-corrected chi connectivity index (χ3v) is 3.22. The molecule has 0 saturated heterocycles. The van der Waals surface area contributed by atoms with Crippen LogP contribution in [0.25, 0.3) is 0 Å². The van der Waals surface area contributed by atoms with Gasteiger partial charge in [-0.1, -0.05) is 12.1 Å². The fraction of sp³-hybridized carbons (Fsp3) is 0.500. The van der Waals surface area contributed by atoms with Gasteiger partial charge in [-0.05, 0) is 32.4 Å². The van der Waals surface area contributed by atoms with Crippen LogP contribution in [0.2, 0.25) is 0 Å². The van der Waals surface area contributed by atoms with Gasteiger partial charge in [-0.2, -0.15) is 0 Å². The molecule has 0 bridgehead atoms. The lowest BCUT2D eigenvalue weighted by atomic mass is 9.97. The van der Waals surface area contributed by atoms with E-state index < -0.39 is 0 Å². The van der Waals surface area contributed by atoms with Gasteiger partial charge in [0.05, 0.1) is 16.9 Å². The van der Waals surface area contributed by atoms with E-state index in [-0.39, 0.29) is 5.54 Å². The van der Waals surface area contributed by atoms with Crippen LogP contribution >= 0.6 is 0 Å². The Morgan fingerprint density at radius 1 is 1.36 bits per heavy atom. The number of anilines is 2. The molecule has 0 amide bonds. The SMILES string of the molecule is Cc1cccc2c1NCC(C)(C)N2C. The van der Waals surface area contributed by atoms with Crippen molar-refractivity contribution in [2.45, 2.75) is 26.3 Å². The second-order valence-corrected chi connectivity index (χ2v) is 4.69. The molecule has 1 heterocycles. The molecule has 0 atom stereocenters. The molecule has 0 radical (unpaired) electrons. The second kappa shape index (κ2) is 2.91. The number of likely N-dealkylation sites (N-methyl/N-ethyl adjacent to an activating group) is 1. The molecular formula is C12H18N2. The highest BCUT2D eigenvalue weighted by molar-refractivity contribution is 5.76. The van der Waals surface area contributed by atoms with Crippen LogP contribution in [0.4, 0.5) is 11.4 Å². The van der Waals surface area contributed by atoms with E-state index >= 15 is 0 Å². The molecule has 2 heteroatoms. The number of benzene rings is 1. The lowest BCUT2D eigenvalue weighted by Crippen LogP contribution is -2.50. The molecule has 1 N–H and O–H groups in total. The number of hydrogen-bond donors (Lipinski definition) is 1. The van der Waals surface area contributed by atoms with Gasteiger partial charge >= 0.3 is 0 Å². The molecule has 76 valence electrons. The lowest BCUT2D eigenvalue weighted by molar-refractivity contribution is 0.502. The van der Waals surface area contributed by atoms with Gasteiger partial charge in [0.2, 0.25) is 0 Å². The quantitative estimate of drug-likeness (QED) is 0.676. The zero-order valence-corrected chi connectivity index (χ0v) is 9.39. The van der Waals surface area contributed by atoms with Gasteiger partial charge in [0.1, 0.15) is 0 Å². The van der Waals surface area contributed by atoms with E-state index in [0.29, 0.717) is 0 Å². The van der Waals surface area contributed by atoms with E-state index in [1.54, 1.807) is 0 Å². The third-order valence-electron chi connectivity index (χ3n) is 3.22. The Kier molecular flexibility index (Phi) is 1.95.